The van der Waals surface area contributed by atoms with Crippen LogP contribution in [0.3, 0.4) is 0 Å². The van der Waals surface area contributed by atoms with Gasteiger partial charge in [0.25, 0.3) is 0 Å². The van der Waals surface area contributed by atoms with Crippen molar-refractivity contribution in [2.24, 2.45) is 0 Å². The van der Waals surface area contributed by atoms with E-state index in [1.807, 2.05) is 18.2 Å². The highest BCUT2D eigenvalue weighted by atomic mass is 16.4. The molecule has 0 radical (unpaired) electrons. The van der Waals surface area contributed by atoms with Crippen molar-refractivity contribution in [1.82, 2.24) is 4.57 Å². The van der Waals surface area contributed by atoms with E-state index in [2.05, 4.69) is 60.2 Å². The second-order valence-electron chi connectivity index (χ2n) is 7.27. The third-order valence-corrected chi connectivity index (χ3v) is 5.16. The number of nitrogens with zero attached hydrogens (tertiary/aromatic N) is 2. The van der Waals surface area contributed by atoms with Crippen molar-refractivity contribution in [1.29, 1.82) is 5.26 Å². The molecule has 1 heterocycles. The van der Waals surface area contributed by atoms with Gasteiger partial charge in [-0.15, -0.1) is 0 Å². The van der Waals surface area contributed by atoms with E-state index < -0.39 is 5.97 Å². The van der Waals surface area contributed by atoms with Crippen molar-refractivity contribution >= 4 is 28.5 Å². The molecule has 4 rings (SSSR count). The van der Waals surface area contributed by atoms with E-state index in [0.29, 0.717) is 11.1 Å². The molecular weight excluding hydrogens is 372 g/mol. The number of hydrogen-bond donors (Lipinski definition) is 1. The summed E-state index contributed by atoms with van der Waals surface area (Å²) in [4.78, 5) is 11.1. The maximum atomic E-state index is 11.1. The van der Waals surface area contributed by atoms with E-state index in [4.69, 9.17) is 5.11 Å². The smallest absolute Gasteiger partial charge is 0.335 e. The van der Waals surface area contributed by atoms with Gasteiger partial charge < -0.3 is 9.67 Å². The quantitative estimate of drug-likeness (QED) is 0.439. The fourth-order valence-corrected chi connectivity index (χ4v) is 3.54. The molecule has 0 aliphatic heterocycles. The first-order valence-electron chi connectivity index (χ1n) is 9.64. The molecule has 0 fully saturated rings. The first-order chi connectivity index (χ1) is 14.5. The molecule has 0 saturated carbocycles. The summed E-state index contributed by atoms with van der Waals surface area (Å²) in [5.41, 5.74) is 5.88. The average molecular weight is 392 g/mol. The largest absolute Gasteiger partial charge is 0.478 e. The Labute approximate surface area is 174 Å². The van der Waals surface area contributed by atoms with Crippen molar-refractivity contribution in [2.45, 2.75) is 13.5 Å². The molecule has 0 spiro atoms. The number of benzene rings is 3. The number of carbonyl (C=O) groups is 1. The predicted molar refractivity (Wildman–Crippen MR) is 119 cm³/mol. The number of nitriles is 1. The van der Waals surface area contributed by atoms with Gasteiger partial charge in [-0.2, -0.15) is 5.26 Å². The van der Waals surface area contributed by atoms with Gasteiger partial charge in [0, 0.05) is 29.2 Å². The number of hydrogen-bond acceptors (Lipinski definition) is 2. The van der Waals surface area contributed by atoms with Gasteiger partial charge >= 0.3 is 5.97 Å². The van der Waals surface area contributed by atoms with Crippen LogP contribution < -0.4 is 0 Å². The molecule has 30 heavy (non-hydrogen) atoms. The molecule has 146 valence electrons. The Morgan fingerprint density at radius 2 is 1.67 bits per heavy atom. The van der Waals surface area contributed by atoms with Crippen LogP contribution in [0, 0.1) is 18.3 Å². The summed E-state index contributed by atoms with van der Waals surface area (Å²) in [5.74, 6) is -0.983. The van der Waals surface area contributed by atoms with Crippen LogP contribution in [0.5, 0.6) is 0 Å². The zero-order valence-electron chi connectivity index (χ0n) is 16.5. The summed E-state index contributed by atoms with van der Waals surface area (Å²) >= 11 is 0. The molecule has 0 amide bonds. The Hall–Kier alpha value is -4.10. The van der Waals surface area contributed by atoms with Crippen LogP contribution in [0.15, 0.2) is 79.0 Å². The Kier molecular flexibility index (Phi) is 5.19. The lowest BCUT2D eigenvalue weighted by atomic mass is 10.0. The van der Waals surface area contributed by atoms with Crippen LogP contribution in [0.4, 0.5) is 0 Å². The summed E-state index contributed by atoms with van der Waals surface area (Å²) in [5, 5.41) is 19.9. The molecule has 0 aliphatic carbocycles. The lowest BCUT2D eigenvalue weighted by Crippen LogP contribution is -1.97. The maximum absolute atomic E-state index is 11.1. The number of aryl methyl sites for hydroxylation is 1. The van der Waals surface area contributed by atoms with Gasteiger partial charge in [-0.05, 0) is 42.3 Å². The minimum atomic E-state index is -0.983. The topological polar surface area (TPSA) is 66.0 Å². The Morgan fingerprint density at radius 3 is 2.33 bits per heavy atom. The minimum Gasteiger partial charge on any atom is -0.478 e. The van der Waals surface area contributed by atoms with Crippen LogP contribution in [-0.2, 0) is 6.54 Å². The van der Waals surface area contributed by atoms with Crippen LogP contribution in [0.2, 0.25) is 0 Å². The number of para-hydroxylation sites is 1. The van der Waals surface area contributed by atoms with E-state index in [1.165, 1.54) is 23.3 Å². The second kappa shape index (κ2) is 8.10. The number of aromatic nitrogens is 1. The van der Waals surface area contributed by atoms with Crippen molar-refractivity contribution in [3.63, 3.8) is 0 Å². The van der Waals surface area contributed by atoms with Crippen LogP contribution >= 0.6 is 0 Å². The van der Waals surface area contributed by atoms with E-state index in [1.54, 1.807) is 12.1 Å². The molecule has 4 heteroatoms. The Balaban J connectivity index is 1.75. The van der Waals surface area contributed by atoms with E-state index >= 15 is 0 Å². The highest BCUT2D eigenvalue weighted by molar-refractivity contribution is 5.98. The number of carboxylic acids is 1. The molecular formula is C26H20N2O2. The van der Waals surface area contributed by atoms with Gasteiger partial charge in [0.05, 0.1) is 17.2 Å². The molecule has 4 aromatic rings. The number of allylic oxidation sites excluding steroid dienone is 1. The monoisotopic (exact) mass is 392 g/mol. The van der Waals surface area contributed by atoms with Gasteiger partial charge in [0.15, 0.2) is 0 Å². The van der Waals surface area contributed by atoms with Gasteiger partial charge in [-0.1, -0.05) is 60.2 Å². The van der Waals surface area contributed by atoms with E-state index in [-0.39, 0.29) is 5.56 Å². The fourth-order valence-electron chi connectivity index (χ4n) is 3.54. The highest BCUT2D eigenvalue weighted by Gasteiger charge is 2.10. The predicted octanol–water partition coefficient (Wildman–Crippen LogP) is 5.76. The summed E-state index contributed by atoms with van der Waals surface area (Å²) in [7, 11) is 0. The first kappa shape index (κ1) is 19.2. The molecule has 0 unspecified atom stereocenters. The summed E-state index contributed by atoms with van der Waals surface area (Å²) in [6, 6.07) is 25.2. The summed E-state index contributed by atoms with van der Waals surface area (Å²) in [6.07, 6.45) is 3.93. The van der Waals surface area contributed by atoms with Crippen LogP contribution in [0.1, 0.15) is 32.6 Å². The average Bonchev–Trinajstić information content (AvgIpc) is 3.11. The Bertz CT molecular complexity index is 1290. The standard InChI is InChI=1S/C26H20N2O2/c1-18-6-8-19(9-7-18)16-28-17-23(24-4-2-3-5-25(24)28)14-22(15-27)20-10-12-21(13-11-20)26(29)30/h2-14,17H,16H2,1H3,(H,29,30)/b22-14-. The molecule has 3 aromatic carbocycles. The van der Waals surface area contributed by atoms with Crippen molar-refractivity contribution in [3.05, 3.63) is 107 Å². The number of carboxylic acid groups (broad SMARTS) is 1. The van der Waals surface area contributed by atoms with Gasteiger partial charge in [0.1, 0.15) is 0 Å². The summed E-state index contributed by atoms with van der Waals surface area (Å²) < 4.78 is 2.19. The third-order valence-electron chi connectivity index (χ3n) is 5.16. The summed E-state index contributed by atoms with van der Waals surface area (Å²) in [6.45, 7) is 2.81. The zero-order chi connectivity index (χ0) is 21.1. The van der Waals surface area contributed by atoms with Gasteiger partial charge in [0.2, 0.25) is 0 Å². The van der Waals surface area contributed by atoms with Crippen molar-refractivity contribution in [2.75, 3.05) is 0 Å². The van der Waals surface area contributed by atoms with Crippen molar-refractivity contribution < 1.29 is 9.90 Å². The molecule has 0 bridgehead atoms. The van der Waals surface area contributed by atoms with Crippen LogP contribution in [0.25, 0.3) is 22.6 Å². The number of rotatable bonds is 5. The molecule has 1 N–H and O–H groups in total. The van der Waals surface area contributed by atoms with Crippen molar-refractivity contribution in [3.8, 4) is 6.07 Å². The fraction of sp³-hybridized carbons (Fsp3) is 0.0769. The Morgan fingerprint density at radius 1 is 1.00 bits per heavy atom. The first-order valence-corrected chi connectivity index (χ1v) is 9.64. The molecule has 4 nitrogen and oxygen atoms in total. The number of fused-ring (bicyclic) bond motifs is 1. The van der Waals surface area contributed by atoms with Gasteiger partial charge in [-0.3, -0.25) is 0 Å². The minimum absolute atomic E-state index is 0.200. The normalized spacial score (nSPS) is 11.4. The lowest BCUT2D eigenvalue weighted by molar-refractivity contribution is 0.0697. The second-order valence-corrected chi connectivity index (χ2v) is 7.27. The molecule has 0 atom stereocenters. The van der Waals surface area contributed by atoms with E-state index in [0.717, 1.165) is 23.0 Å². The van der Waals surface area contributed by atoms with E-state index in [9.17, 15) is 10.1 Å². The molecule has 0 aliphatic rings. The molecule has 1 aromatic heterocycles. The maximum Gasteiger partial charge on any atom is 0.335 e. The number of aromatic carboxylic acids is 1. The highest BCUT2D eigenvalue weighted by Crippen LogP contribution is 2.27. The lowest BCUT2D eigenvalue weighted by Gasteiger charge is -2.06. The SMILES string of the molecule is Cc1ccc(Cn2cc(/C=C(/C#N)c3ccc(C(=O)O)cc3)c3ccccc32)cc1. The van der Waals surface area contributed by atoms with Gasteiger partial charge in [-0.25, -0.2) is 4.79 Å². The third kappa shape index (κ3) is 3.87. The van der Waals surface area contributed by atoms with Crippen LogP contribution in [-0.4, -0.2) is 15.6 Å². The molecule has 0 saturated heterocycles. The zero-order valence-corrected chi connectivity index (χ0v) is 16.5.